The molecule has 17 heavy (non-hydrogen) atoms. The predicted molar refractivity (Wildman–Crippen MR) is 65.4 cm³/mol. The second kappa shape index (κ2) is 6.55. The van der Waals surface area contributed by atoms with Gasteiger partial charge in [0.05, 0.1) is 18.8 Å². The first kappa shape index (κ1) is 12.3. The molecule has 92 valence electrons. The van der Waals surface area contributed by atoms with E-state index in [-0.39, 0.29) is 12.2 Å². The minimum atomic E-state index is -0.305. The van der Waals surface area contributed by atoms with Gasteiger partial charge in [0.15, 0.2) is 0 Å². The highest BCUT2D eigenvalue weighted by Gasteiger charge is 2.13. The molecule has 0 saturated carbocycles. The highest BCUT2D eigenvalue weighted by molar-refractivity contribution is 5.13. The van der Waals surface area contributed by atoms with Gasteiger partial charge in [0.1, 0.15) is 6.79 Å². The molecule has 1 aliphatic rings. The standard InChI is InChI=1S/C14H18O3/c15-13-6-8-14(9-7-13)17-11-16-10-12-4-2-1-3-5-12/h1-6,8,13-15H,7,9-11H2/t13-,14-/m1/s1. The van der Waals surface area contributed by atoms with Gasteiger partial charge in [-0.1, -0.05) is 42.5 Å². The summed E-state index contributed by atoms with van der Waals surface area (Å²) in [6.45, 7) is 0.861. The number of hydrogen-bond acceptors (Lipinski definition) is 3. The van der Waals surface area contributed by atoms with E-state index in [9.17, 15) is 5.11 Å². The lowest BCUT2D eigenvalue weighted by atomic mass is 10.0. The fourth-order valence-corrected chi connectivity index (χ4v) is 1.79. The summed E-state index contributed by atoms with van der Waals surface area (Å²) in [6.07, 6.45) is 5.08. The van der Waals surface area contributed by atoms with Crippen LogP contribution >= 0.6 is 0 Å². The zero-order valence-corrected chi connectivity index (χ0v) is 9.79. The van der Waals surface area contributed by atoms with Crippen molar-refractivity contribution in [3.8, 4) is 0 Å². The Morgan fingerprint density at radius 3 is 2.65 bits per heavy atom. The Bertz CT molecular complexity index is 348. The van der Waals surface area contributed by atoms with Gasteiger partial charge in [-0.25, -0.2) is 0 Å². The largest absolute Gasteiger partial charge is 0.389 e. The lowest BCUT2D eigenvalue weighted by Gasteiger charge is -2.19. The third-order valence-electron chi connectivity index (χ3n) is 2.77. The van der Waals surface area contributed by atoms with Crippen molar-refractivity contribution in [3.63, 3.8) is 0 Å². The molecule has 0 radical (unpaired) electrons. The molecule has 0 unspecified atom stereocenters. The molecule has 0 saturated heterocycles. The molecular formula is C14H18O3. The van der Waals surface area contributed by atoms with Gasteiger partial charge in [-0.3, -0.25) is 0 Å². The highest BCUT2D eigenvalue weighted by atomic mass is 16.7. The molecule has 1 aromatic carbocycles. The number of rotatable bonds is 5. The summed E-state index contributed by atoms with van der Waals surface area (Å²) < 4.78 is 11.0. The molecule has 2 rings (SSSR count). The van der Waals surface area contributed by atoms with Crippen molar-refractivity contribution in [1.29, 1.82) is 0 Å². The van der Waals surface area contributed by atoms with Crippen molar-refractivity contribution < 1.29 is 14.6 Å². The molecule has 0 heterocycles. The van der Waals surface area contributed by atoms with Crippen molar-refractivity contribution in [2.45, 2.75) is 31.7 Å². The molecule has 0 amide bonds. The lowest BCUT2D eigenvalue weighted by molar-refractivity contribution is -0.0873. The van der Waals surface area contributed by atoms with E-state index in [1.165, 1.54) is 0 Å². The summed E-state index contributed by atoms with van der Waals surface area (Å²) in [5.74, 6) is 0. The molecule has 1 aromatic rings. The van der Waals surface area contributed by atoms with Crippen molar-refractivity contribution in [1.82, 2.24) is 0 Å². The molecule has 0 aromatic heterocycles. The summed E-state index contributed by atoms with van der Waals surface area (Å²) in [6, 6.07) is 10.0. The number of hydrogen-bond donors (Lipinski definition) is 1. The maximum absolute atomic E-state index is 9.27. The van der Waals surface area contributed by atoms with Crippen LogP contribution in [0.4, 0.5) is 0 Å². The van der Waals surface area contributed by atoms with Crippen LogP contribution in [0, 0.1) is 0 Å². The fourth-order valence-electron chi connectivity index (χ4n) is 1.79. The molecule has 2 atom stereocenters. The van der Waals surface area contributed by atoms with Crippen LogP contribution in [0.3, 0.4) is 0 Å². The zero-order chi connectivity index (χ0) is 11.9. The van der Waals surface area contributed by atoms with E-state index in [1.54, 1.807) is 6.08 Å². The molecule has 0 bridgehead atoms. The number of aliphatic hydroxyl groups excluding tert-OH is 1. The van der Waals surface area contributed by atoms with Gasteiger partial charge in [-0.05, 0) is 18.4 Å². The smallest absolute Gasteiger partial charge is 0.147 e. The van der Waals surface area contributed by atoms with Gasteiger partial charge in [-0.15, -0.1) is 0 Å². The SMILES string of the molecule is O[C@@H]1C=C[C@@H](OCOCc2ccccc2)CC1. The van der Waals surface area contributed by atoms with Gasteiger partial charge in [0, 0.05) is 0 Å². The summed E-state index contributed by atoms with van der Waals surface area (Å²) in [7, 11) is 0. The fraction of sp³-hybridized carbons (Fsp3) is 0.429. The van der Waals surface area contributed by atoms with Gasteiger partial charge < -0.3 is 14.6 Å². The van der Waals surface area contributed by atoms with Crippen molar-refractivity contribution in [3.05, 3.63) is 48.0 Å². The van der Waals surface area contributed by atoms with Gasteiger partial charge in [0.25, 0.3) is 0 Å². The van der Waals surface area contributed by atoms with Crippen LogP contribution in [-0.2, 0) is 16.1 Å². The lowest BCUT2D eigenvalue weighted by Crippen LogP contribution is -2.20. The average molecular weight is 234 g/mol. The Morgan fingerprint density at radius 1 is 1.12 bits per heavy atom. The van der Waals surface area contributed by atoms with Crippen LogP contribution < -0.4 is 0 Å². The average Bonchev–Trinajstić information content (AvgIpc) is 2.38. The molecule has 0 spiro atoms. The Kier molecular flexibility index (Phi) is 4.74. The molecule has 1 aliphatic carbocycles. The first-order valence-corrected chi connectivity index (χ1v) is 5.94. The predicted octanol–water partition coefficient (Wildman–Crippen LogP) is 2.26. The summed E-state index contributed by atoms with van der Waals surface area (Å²) in [4.78, 5) is 0. The number of aliphatic hydroxyl groups is 1. The Morgan fingerprint density at radius 2 is 1.94 bits per heavy atom. The van der Waals surface area contributed by atoms with Crippen LogP contribution in [0.15, 0.2) is 42.5 Å². The summed E-state index contributed by atoms with van der Waals surface area (Å²) >= 11 is 0. The monoisotopic (exact) mass is 234 g/mol. The van der Waals surface area contributed by atoms with Crippen LogP contribution in [0.25, 0.3) is 0 Å². The van der Waals surface area contributed by atoms with Gasteiger partial charge in [0.2, 0.25) is 0 Å². The van der Waals surface area contributed by atoms with Gasteiger partial charge >= 0.3 is 0 Å². The Hall–Kier alpha value is -1.16. The van der Waals surface area contributed by atoms with E-state index in [1.807, 2.05) is 36.4 Å². The van der Waals surface area contributed by atoms with E-state index >= 15 is 0 Å². The molecule has 3 heteroatoms. The van der Waals surface area contributed by atoms with E-state index in [2.05, 4.69) is 0 Å². The quantitative estimate of drug-likeness (QED) is 0.482. The van der Waals surface area contributed by atoms with Crippen LogP contribution in [-0.4, -0.2) is 24.1 Å². The third kappa shape index (κ3) is 4.30. The molecular weight excluding hydrogens is 216 g/mol. The normalized spacial score (nSPS) is 23.8. The Balaban J connectivity index is 1.62. The van der Waals surface area contributed by atoms with E-state index < -0.39 is 0 Å². The minimum Gasteiger partial charge on any atom is -0.389 e. The van der Waals surface area contributed by atoms with E-state index in [0.717, 1.165) is 18.4 Å². The first-order chi connectivity index (χ1) is 8.34. The maximum atomic E-state index is 9.27. The molecule has 3 nitrogen and oxygen atoms in total. The second-order valence-corrected chi connectivity index (χ2v) is 4.19. The molecule has 1 N–H and O–H groups in total. The van der Waals surface area contributed by atoms with E-state index in [0.29, 0.717) is 13.4 Å². The Labute approximate surface area is 102 Å². The highest BCUT2D eigenvalue weighted by Crippen LogP contribution is 2.14. The van der Waals surface area contributed by atoms with Crippen molar-refractivity contribution in [2.75, 3.05) is 6.79 Å². The van der Waals surface area contributed by atoms with Crippen molar-refractivity contribution >= 4 is 0 Å². The second-order valence-electron chi connectivity index (χ2n) is 4.19. The summed E-state index contributed by atoms with van der Waals surface area (Å²) in [5, 5.41) is 9.27. The molecule has 0 aliphatic heterocycles. The first-order valence-electron chi connectivity index (χ1n) is 5.94. The minimum absolute atomic E-state index is 0.0779. The topological polar surface area (TPSA) is 38.7 Å². The maximum Gasteiger partial charge on any atom is 0.147 e. The van der Waals surface area contributed by atoms with E-state index in [4.69, 9.17) is 9.47 Å². The van der Waals surface area contributed by atoms with Crippen molar-refractivity contribution in [2.24, 2.45) is 0 Å². The van der Waals surface area contributed by atoms with Crippen LogP contribution in [0.1, 0.15) is 18.4 Å². The van der Waals surface area contributed by atoms with Crippen LogP contribution in [0.2, 0.25) is 0 Å². The van der Waals surface area contributed by atoms with Gasteiger partial charge in [-0.2, -0.15) is 0 Å². The molecule has 0 fully saturated rings. The number of benzene rings is 1. The third-order valence-corrected chi connectivity index (χ3v) is 2.77. The number of ether oxygens (including phenoxy) is 2. The summed E-state index contributed by atoms with van der Waals surface area (Å²) in [5.41, 5.74) is 1.14. The zero-order valence-electron chi connectivity index (χ0n) is 9.79. The van der Waals surface area contributed by atoms with Crippen LogP contribution in [0.5, 0.6) is 0 Å².